The minimum absolute atomic E-state index is 0.250. The van der Waals surface area contributed by atoms with E-state index in [-0.39, 0.29) is 11.4 Å². The van der Waals surface area contributed by atoms with Gasteiger partial charge in [-0.15, -0.1) is 11.3 Å². The van der Waals surface area contributed by atoms with Gasteiger partial charge in [0.05, 0.1) is 4.90 Å². The lowest BCUT2D eigenvalue weighted by Gasteiger charge is -2.23. The van der Waals surface area contributed by atoms with Gasteiger partial charge >= 0.3 is 0 Å². The lowest BCUT2D eigenvalue weighted by Crippen LogP contribution is -2.33. The first-order chi connectivity index (χ1) is 12.5. The van der Waals surface area contributed by atoms with E-state index in [4.69, 9.17) is 11.6 Å². The molecule has 3 rings (SSSR count). The first kappa shape index (κ1) is 19.0. The van der Waals surface area contributed by atoms with Crippen LogP contribution in [0, 0.1) is 6.92 Å². The molecular weight excluding hydrogens is 388 g/mol. The summed E-state index contributed by atoms with van der Waals surface area (Å²) < 4.78 is 28.1. The van der Waals surface area contributed by atoms with Gasteiger partial charge in [0, 0.05) is 35.4 Å². The second-order valence-corrected chi connectivity index (χ2v) is 9.24. The highest BCUT2D eigenvalue weighted by atomic mass is 35.5. The summed E-state index contributed by atoms with van der Waals surface area (Å²) in [5.41, 5.74) is 1.42. The van der Waals surface area contributed by atoms with Gasteiger partial charge in [-0.1, -0.05) is 29.8 Å². The minimum atomic E-state index is -3.68. The van der Waals surface area contributed by atoms with Gasteiger partial charge in [0.25, 0.3) is 0 Å². The van der Waals surface area contributed by atoms with Crippen LogP contribution in [0.15, 0.2) is 65.1 Å². The molecule has 2 heterocycles. The quantitative estimate of drug-likeness (QED) is 0.578. The van der Waals surface area contributed by atoms with Gasteiger partial charge in [-0.3, -0.25) is 4.98 Å². The number of hydrogen-bond donors (Lipinski definition) is 0. The summed E-state index contributed by atoms with van der Waals surface area (Å²) in [6.07, 6.45) is 4.03. The molecule has 0 amide bonds. The lowest BCUT2D eigenvalue weighted by atomic mass is 10.2. The third-order valence-electron chi connectivity index (χ3n) is 4.11. The molecule has 0 aliphatic carbocycles. The van der Waals surface area contributed by atoms with Crippen molar-refractivity contribution in [2.75, 3.05) is 6.54 Å². The monoisotopic (exact) mass is 406 g/mol. The average Bonchev–Trinajstić information content (AvgIpc) is 3.15. The van der Waals surface area contributed by atoms with Crippen molar-refractivity contribution in [1.82, 2.24) is 9.29 Å². The molecule has 0 aliphatic rings. The minimum Gasteiger partial charge on any atom is -0.264 e. The maximum atomic E-state index is 13.3. The van der Waals surface area contributed by atoms with Gasteiger partial charge in [0.2, 0.25) is 10.0 Å². The molecule has 0 radical (unpaired) electrons. The molecule has 0 N–H and O–H groups in total. The predicted octanol–water partition coefficient (Wildman–Crippen LogP) is 4.54. The van der Waals surface area contributed by atoms with Crippen LogP contribution in [0.25, 0.3) is 0 Å². The molecule has 2 aromatic heterocycles. The fourth-order valence-corrected chi connectivity index (χ4v) is 5.28. The Labute approximate surface area is 163 Å². The van der Waals surface area contributed by atoms with Crippen molar-refractivity contribution in [2.24, 2.45) is 0 Å². The number of halogens is 1. The Morgan fingerprint density at radius 3 is 2.69 bits per heavy atom. The summed E-state index contributed by atoms with van der Waals surface area (Å²) in [5, 5.41) is 2.45. The van der Waals surface area contributed by atoms with Crippen molar-refractivity contribution < 1.29 is 8.42 Å². The molecule has 7 heteroatoms. The predicted molar refractivity (Wildman–Crippen MR) is 106 cm³/mol. The number of benzene rings is 1. The largest absolute Gasteiger partial charge is 0.264 e. The number of hydrogen-bond acceptors (Lipinski definition) is 4. The highest BCUT2D eigenvalue weighted by molar-refractivity contribution is 7.89. The van der Waals surface area contributed by atoms with Crippen LogP contribution in [-0.2, 0) is 23.0 Å². The third-order valence-corrected chi connectivity index (χ3v) is 7.44. The highest BCUT2D eigenvalue weighted by Gasteiger charge is 2.27. The van der Waals surface area contributed by atoms with E-state index in [1.807, 2.05) is 29.6 Å². The van der Waals surface area contributed by atoms with Crippen molar-refractivity contribution >= 4 is 33.0 Å². The summed E-state index contributed by atoms with van der Waals surface area (Å²) in [6, 6.07) is 12.7. The third kappa shape index (κ3) is 4.32. The zero-order valence-corrected chi connectivity index (χ0v) is 16.7. The molecule has 1 aromatic carbocycles. The summed E-state index contributed by atoms with van der Waals surface area (Å²) in [5.74, 6) is 0. The van der Waals surface area contributed by atoms with Crippen LogP contribution in [0.3, 0.4) is 0 Å². The van der Waals surface area contributed by atoms with Gasteiger partial charge < -0.3 is 0 Å². The highest BCUT2D eigenvalue weighted by Crippen LogP contribution is 2.27. The molecule has 0 unspecified atom stereocenters. The van der Waals surface area contributed by atoms with Crippen molar-refractivity contribution in [3.63, 3.8) is 0 Å². The fourth-order valence-electron chi connectivity index (χ4n) is 2.68. The van der Waals surface area contributed by atoms with Crippen LogP contribution in [-0.4, -0.2) is 24.3 Å². The topological polar surface area (TPSA) is 50.3 Å². The second kappa shape index (κ2) is 8.31. The number of sulfonamides is 1. The second-order valence-electron chi connectivity index (χ2n) is 5.89. The Balaban J connectivity index is 1.93. The molecule has 26 heavy (non-hydrogen) atoms. The molecule has 0 saturated carbocycles. The van der Waals surface area contributed by atoms with Gasteiger partial charge in [-0.25, -0.2) is 8.42 Å². The van der Waals surface area contributed by atoms with Gasteiger partial charge in [-0.2, -0.15) is 4.31 Å². The molecular formula is C19H19ClN2O2S2. The van der Waals surface area contributed by atoms with E-state index in [9.17, 15) is 8.42 Å². The Morgan fingerprint density at radius 2 is 2.00 bits per heavy atom. The Kier molecular flexibility index (Phi) is 6.09. The van der Waals surface area contributed by atoms with E-state index in [1.165, 1.54) is 4.31 Å². The molecule has 0 spiro atoms. The molecule has 0 saturated heterocycles. The van der Waals surface area contributed by atoms with Crippen LogP contribution in [0.1, 0.15) is 16.0 Å². The summed E-state index contributed by atoms with van der Waals surface area (Å²) in [6.45, 7) is 2.40. The summed E-state index contributed by atoms with van der Waals surface area (Å²) in [4.78, 5) is 5.50. The van der Waals surface area contributed by atoms with Crippen LogP contribution in [0.4, 0.5) is 0 Å². The van der Waals surface area contributed by atoms with Gasteiger partial charge in [-0.05, 0) is 54.1 Å². The summed E-state index contributed by atoms with van der Waals surface area (Å²) in [7, 11) is -3.68. The molecule has 3 aromatic rings. The molecule has 0 aliphatic heterocycles. The first-order valence-corrected chi connectivity index (χ1v) is 10.8. The molecule has 4 nitrogen and oxygen atoms in total. The van der Waals surface area contributed by atoms with E-state index in [1.54, 1.807) is 48.9 Å². The van der Waals surface area contributed by atoms with E-state index in [0.29, 0.717) is 23.6 Å². The molecule has 0 fully saturated rings. The van der Waals surface area contributed by atoms with Crippen LogP contribution < -0.4 is 0 Å². The number of rotatable bonds is 7. The molecule has 0 bridgehead atoms. The van der Waals surface area contributed by atoms with Crippen LogP contribution in [0.2, 0.25) is 5.02 Å². The standard InChI is InChI=1S/C19H19ClN2O2S2/c1-15-18(20)7-2-8-19(15)26(23,24)22(11-9-17-6-4-12-25-17)14-16-5-3-10-21-13-16/h2-8,10,12-13H,9,11,14H2,1H3. The van der Waals surface area contributed by atoms with E-state index < -0.39 is 10.0 Å². The first-order valence-electron chi connectivity index (χ1n) is 8.15. The van der Waals surface area contributed by atoms with Crippen molar-refractivity contribution in [1.29, 1.82) is 0 Å². The number of pyridine rings is 1. The van der Waals surface area contributed by atoms with E-state index in [2.05, 4.69) is 4.98 Å². The fraction of sp³-hybridized carbons (Fsp3) is 0.211. The average molecular weight is 407 g/mol. The zero-order chi connectivity index (χ0) is 18.6. The van der Waals surface area contributed by atoms with Crippen LogP contribution >= 0.6 is 22.9 Å². The van der Waals surface area contributed by atoms with E-state index >= 15 is 0 Å². The lowest BCUT2D eigenvalue weighted by molar-refractivity contribution is 0.409. The maximum absolute atomic E-state index is 13.3. The van der Waals surface area contributed by atoms with Crippen molar-refractivity contribution in [3.8, 4) is 0 Å². The SMILES string of the molecule is Cc1c(Cl)cccc1S(=O)(=O)N(CCc1cccs1)Cc1cccnc1. The van der Waals surface area contributed by atoms with Crippen molar-refractivity contribution in [2.45, 2.75) is 24.8 Å². The Bertz CT molecular complexity index is 958. The number of nitrogens with zero attached hydrogens (tertiary/aromatic N) is 2. The Hall–Kier alpha value is -1.73. The van der Waals surface area contributed by atoms with Crippen molar-refractivity contribution in [3.05, 3.63) is 81.3 Å². The summed E-state index contributed by atoms with van der Waals surface area (Å²) >= 11 is 7.78. The van der Waals surface area contributed by atoms with Gasteiger partial charge in [0.15, 0.2) is 0 Å². The Morgan fingerprint density at radius 1 is 1.15 bits per heavy atom. The normalized spacial score (nSPS) is 11.8. The molecule has 0 atom stereocenters. The zero-order valence-electron chi connectivity index (χ0n) is 14.3. The maximum Gasteiger partial charge on any atom is 0.243 e. The van der Waals surface area contributed by atoms with Crippen LogP contribution in [0.5, 0.6) is 0 Å². The number of thiophene rings is 1. The number of aromatic nitrogens is 1. The molecule has 136 valence electrons. The smallest absolute Gasteiger partial charge is 0.243 e. The van der Waals surface area contributed by atoms with E-state index in [0.717, 1.165) is 10.4 Å². The van der Waals surface area contributed by atoms with Gasteiger partial charge in [0.1, 0.15) is 0 Å².